The Hall–Kier alpha value is -1.55. The Bertz CT molecular complexity index is 585. The van der Waals surface area contributed by atoms with E-state index in [0.29, 0.717) is 6.54 Å². The van der Waals surface area contributed by atoms with Crippen molar-refractivity contribution in [2.45, 2.75) is 58.4 Å². The zero-order valence-electron chi connectivity index (χ0n) is 15.4. The van der Waals surface area contributed by atoms with E-state index in [1.54, 1.807) is 0 Å². The SMILES string of the molecule is CC(C)(C)NC(=O)C1CCC(C(=O)NCCc2ccc(Cl)cc2)CC1. The third-order valence-electron chi connectivity index (χ3n) is 4.59. The van der Waals surface area contributed by atoms with Gasteiger partial charge in [-0.15, -0.1) is 0 Å². The van der Waals surface area contributed by atoms with E-state index in [-0.39, 0.29) is 29.2 Å². The molecule has 1 aliphatic rings. The van der Waals surface area contributed by atoms with E-state index in [1.807, 2.05) is 45.0 Å². The molecule has 0 bridgehead atoms. The minimum Gasteiger partial charge on any atom is -0.356 e. The van der Waals surface area contributed by atoms with Crippen LogP contribution in [0.5, 0.6) is 0 Å². The largest absolute Gasteiger partial charge is 0.356 e. The van der Waals surface area contributed by atoms with Crippen molar-refractivity contribution in [1.29, 1.82) is 0 Å². The molecule has 25 heavy (non-hydrogen) atoms. The number of nitrogens with one attached hydrogen (secondary N) is 2. The Morgan fingerprint density at radius 1 is 1.00 bits per heavy atom. The van der Waals surface area contributed by atoms with Gasteiger partial charge in [0, 0.05) is 28.9 Å². The van der Waals surface area contributed by atoms with Crippen LogP contribution in [-0.4, -0.2) is 23.9 Å². The number of benzene rings is 1. The Morgan fingerprint density at radius 3 is 2.04 bits per heavy atom. The molecule has 1 aromatic carbocycles. The van der Waals surface area contributed by atoms with Crippen LogP contribution in [-0.2, 0) is 16.0 Å². The molecule has 0 unspecified atom stereocenters. The van der Waals surface area contributed by atoms with Crippen LogP contribution in [0.3, 0.4) is 0 Å². The second-order valence-electron chi connectivity index (χ2n) is 7.96. The molecule has 1 aromatic rings. The van der Waals surface area contributed by atoms with Gasteiger partial charge in [-0.05, 0) is 70.6 Å². The maximum absolute atomic E-state index is 12.3. The maximum atomic E-state index is 12.3. The fourth-order valence-corrected chi connectivity index (χ4v) is 3.34. The summed E-state index contributed by atoms with van der Waals surface area (Å²) in [5.74, 6) is 0.305. The molecule has 1 saturated carbocycles. The standard InChI is InChI=1S/C20H29ClN2O2/c1-20(2,3)23-19(25)16-8-6-15(7-9-16)18(24)22-13-12-14-4-10-17(21)11-5-14/h4-5,10-11,15-16H,6-9,12-13H2,1-3H3,(H,22,24)(H,23,25). The Balaban J connectivity index is 1.70. The number of carbonyl (C=O) groups excluding carboxylic acids is 2. The highest BCUT2D eigenvalue weighted by atomic mass is 35.5. The number of halogens is 1. The Morgan fingerprint density at radius 2 is 1.52 bits per heavy atom. The zero-order valence-corrected chi connectivity index (χ0v) is 16.2. The highest BCUT2D eigenvalue weighted by Crippen LogP contribution is 2.29. The minimum atomic E-state index is -0.201. The third-order valence-corrected chi connectivity index (χ3v) is 4.85. The number of carbonyl (C=O) groups is 2. The molecule has 138 valence electrons. The van der Waals surface area contributed by atoms with Crippen molar-refractivity contribution in [2.24, 2.45) is 11.8 Å². The molecule has 0 aromatic heterocycles. The first-order chi connectivity index (χ1) is 11.7. The van der Waals surface area contributed by atoms with Crippen LogP contribution in [0.1, 0.15) is 52.0 Å². The van der Waals surface area contributed by atoms with Crippen LogP contribution in [0.25, 0.3) is 0 Å². The topological polar surface area (TPSA) is 58.2 Å². The van der Waals surface area contributed by atoms with Crippen molar-refractivity contribution in [3.63, 3.8) is 0 Å². The first kappa shape index (κ1) is 19.8. The van der Waals surface area contributed by atoms with E-state index in [1.165, 1.54) is 0 Å². The van der Waals surface area contributed by atoms with Crippen LogP contribution >= 0.6 is 11.6 Å². The molecule has 1 aliphatic carbocycles. The summed E-state index contributed by atoms with van der Waals surface area (Å²) in [5.41, 5.74) is 0.958. The second kappa shape index (κ2) is 8.70. The van der Waals surface area contributed by atoms with Gasteiger partial charge in [0.2, 0.25) is 11.8 Å². The lowest BCUT2D eigenvalue weighted by atomic mass is 9.81. The van der Waals surface area contributed by atoms with Crippen LogP contribution in [0.2, 0.25) is 5.02 Å². The van der Waals surface area contributed by atoms with E-state index in [4.69, 9.17) is 11.6 Å². The van der Waals surface area contributed by atoms with Crippen LogP contribution in [0.4, 0.5) is 0 Å². The summed E-state index contributed by atoms with van der Waals surface area (Å²) in [5, 5.41) is 6.79. The van der Waals surface area contributed by atoms with Crippen molar-refractivity contribution in [2.75, 3.05) is 6.54 Å². The summed E-state index contributed by atoms with van der Waals surface area (Å²) in [6.07, 6.45) is 3.95. The van der Waals surface area contributed by atoms with E-state index in [9.17, 15) is 9.59 Å². The highest BCUT2D eigenvalue weighted by Gasteiger charge is 2.31. The lowest BCUT2D eigenvalue weighted by molar-refractivity contribution is -0.131. The molecule has 0 spiro atoms. The molecule has 0 radical (unpaired) electrons. The average Bonchev–Trinajstić information content (AvgIpc) is 2.55. The predicted molar refractivity (Wildman–Crippen MR) is 102 cm³/mol. The molecule has 5 heteroatoms. The predicted octanol–water partition coefficient (Wildman–Crippen LogP) is 3.72. The molecular weight excluding hydrogens is 336 g/mol. The van der Waals surface area contributed by atoms with Gasteiger partial charge in [0.05, 0.1) is 0 Å². The number of rotatable bonds is 5. The number of hydrogen-bond donors (Lipinski definition) is 2. The van der Waals surface area contributed by atoms with E-state index >= 15 is 0 Å². The van der Waals surface area contributed by atoms with Crippen molar-refractivity contribution < 1.29 is 9.59 Å². The quantitative estimate of drug-likeness (QED) is 0.836. The van der Waals surface area contributed by atoms with Crippen molar-refractivity contribution in [1.82, 2.24) is 10.6 Å². The lowest BCUT2D eigenvalue weighted by Crippen LogP contribution is -2.45. The molecule has 0 aliphatic heterocycles. The number of amides is 2. The van der Waals surface area contributed by atoms with Crippen molar-refractivity contribution >= 4 is 23.4 Å². The van der Waals surface area contributed by atoms with Crippen molar-refractivity contribution in [3.8, 4) is 0 Å². The van der Waals surface area contributed by atoms with E-state index in [2.05, 4.69) is 10.6 Å². The lowest BCUT2D eigenvalue weighted by Gasteiger charge is -2.30. The highest BCUT2D eigenvalue weighted by molar-refractivity contribution is 6.30. The Labute approximate surface area is 155 Å². The van der Waals surface area contributed by atoms with Gasteiger partial charge in [0.1, 0.15) is 0 Å². The van der Waals surface area contributed by atoms with E-state index in [0.717, 1.165) is 42.7 Å². The average molecular weight is 365 g/mol. The monoisotopic (exact) mass is 364 g/mol. The first-order valence-electron chi connectivity index (χ1n) is 9.09. The molecule has 0 saturated heterocycles. The molecule has 2 rings (SSSR count). The van der Waals surface area contributed by atoms with Gasteiger partial charge in [-0.3, -0.25) is 9.59 Å². The van der Waals surface area contributed by atoms with Gasteiger partial charge in [-0.2, -0.15) is 0 Å². The minimum absolute atomic E-state index is 0.0314. The van der Waals surface area contributed by atoms with E-state index < -0.39 is 0 Å². The summed E-state index contributed by atoms with van der Waals surface area (Å²) in [6, 6.07) is 7.69. The molecular formula is C20H29ClN2O2. The van der Waals surface area contributed by atoms with Gasteiger partial charge in [0.25, 0.3) is 0 Å². The van der Waals surface area contributed by atoms with Crippen LogP contribution < -0.4 is 10.6 Å². The van der Waals surface area contributed by atoms with Gasteiger partial charge in [-0.1, -0.05) is 23.7 Å². The van der Waals surface area contributed by atoms with Gasteiger partial charge < -0.3 is 10.6 Å². The normalized spacial score (nSPS) is 20.8. The molecule has 0 heterocycles. The summed E-state index contributed by atoms with van der Waals surface area (Å²) in [6.45, 7) is 6.60. The summed E-state index contributed by atoms with van der Waals surface area (Å²) in [7, 11) is 0. The maximum Gasteiger partial charge on any atom is 0.223 e. The smallest absolute Gasteiger partial charge is 0.223 e. The van der Waals surface area contributed by atoms with Crippen molar-refractivity contribution in [3.05, 3.63) is 34.9 Å². The third kappa shape index (κ3) is 6.69. The van der Waals surface area contributed by atoms with Crippen LogP contribution in [0.15, 0.2) is 24.3 Å². The molecule has 1 fully saturated rings. The van der Waals surface area contributed by atoms with Gasteiger partial charge in [0.15, 0.2) is 0 Å². The molecule has 4 nitrogen and oxygen atoms in total. The second-order valence-corrected chi connectivity index (χ2v) is 8.39. The number of hydrogen-bond acceptors (Lipinski definition) is 2. The first-order valence-corrected chi connectivity index (χ1v) is 9.46. The summed E-state index contributed by atoms with van der Waals surface area (Å²) >= 11 is 5.87. The zero-order chi connectivity index (χ0) is 18.4. The fourth-order valence-electron chi connectivity index (χ4n) is 3.21. The van der Waals surface area contributed by atoms with Gasteiger partial charge in [-0.25, -0.2) is 0 Å². The van der Waals surface area contributed by atoms with Crippen LogP contribution in [0, 0.1) is 11.8 Å². The molecule has 2 amide bonds. The Kier molecular flexibility index (Phi) is 6.88. The summed E-state index contributed by atoms with van der Waals surface area (Å²) < 4.78 is 0. The fraction of sp³-hybridized carbons (Fsp3) is 0.600. The van der Waals surface area contributed by atoms with Gasteiger partial charge >= 0.3 is 0 Å². The summed E-state index contributed by atoms with van der Waals surface area (Å²) in [4.78, 5) is 24.5. The molecule has 0 atom stereocenters. The molecule has 2 N–H and O–H groups in total.